The van der Waals surface area contributed by atoms with E-state index >= 15 is 0 Å². The van der Waals surface area contributed by atoms with Crippen LogP contribution >= 0.6 is 0 Å². The normalized spacial score (nSPS) is 36.3. The van der Waals surface area contributed by atoms with Gasteiger partial charge in [0.15, 0.2) is 0 Å². The van der Waals surface area contributed by atoms with E-state index in [1.54, 1.807) is 6.92 Å². The summed E-state index contributed by atoms with van der Waals surface area (Å²) >= 11 is 0. The number of ether oxygens (including phenoxy) is 3. The second-order valence-electron chi connectivity index (χ2n) is 5.35. The molecule has 0 aromatic carbocycles. The molecule has 0 heterocycles. The van der Waals surface area contributed by atoms with Crippen molar-refractivity contribution in [1.29, 1.82) is 0 Å². The Kier molecular flexibility index (Phi) is 4.04. The molecule has 0 bridgehead atoms. The molecule has 0 amide bonds. The minimum atomic E-state index is -1.33. The molecule has 118 valence electrons. The average molecular weight is 299 g/mol. The van der Waals surface area contributed by atoms with E-state index in [0.717, 1.165) is 6.26 Å². The summed E-state index contributed by atoms with van der Waals surface area (Å²) in [7, 11) is 0. The Balaban J connectivity index is 0.00000242. The van der Waals surface area contributed by atoms with Gasteiger partial charge in [0.05, 0.1) is 18.8 Å². The van der Waals surface area contributed by atoms with Crippen molar-refractivity contribution in [3.8, 4) is 0 Å². The highest BCUT2D eigenvalue weighted by atomic mass is 16.6. The topological polar surface area (TPSA) is 105 Å². The third kappa shape index (κ3) is 2.53. The predicted molar refractivity (Wildman–Crippen MR) is 72.6 cm³/mol. The number of nitrogens with two attached hydrogens (primary N) is 1. The fourth-order valence-corrected chi connectivity index (χ4v) is 3.35. The van der Waals surface area contributed by atoms with E-state index in [2.05, 4.69) is 6.58 Å². The van der Waals surface area contributed by atoms with E-state index in [-0.39, 0.29) is 20.4 Å². The molecule has 2 aliphatic carbocycles. The third-order valence-electron chi connectivity index (χ3n) is 4.08. The fraction of sp³-hybridized carbons (Fsp3) is 0.643. The van der Waals surface area contributed by atoms with Gasteiger partial charge in [0.1, 0.15) is 11.6 Å². The number of hydrogen-bond acceptors (Lipinski definition) is 7. The summed E-state index contributed by atoms with van der Waals surface area (Å²) < 4.78 is 14.9. The largest absolute Gasteiger partial charge is 0.465 e. The van der Waals surface area contributed by atoms with E-state index in [0.29, 0.717) is 0 Å². The van der Waals surface area contributed by atoms with Crippen molar-refractivity contribution in [3.05, 3.63) is 12.8 Å². The molecule has 0 aromatic rings. The first-order chi connectivity index (χ1) is 9.86. The van der Waals surface area contributed by atoms with Crippen LogP contribution in [0.1, 0.15) is 21.7 Å². The highest BCUT2D eigenvalue weighted by molar-refractivity contribution is 5.87. The summed E-state index contributed by atoms with van der Waals surface area (Å²) in [5.41, 5.74) is 4.84. The fourth-order valence-electron chi connectivity index (χ4n) is 3.35. The highest BCUT2D eigenvalue weighted by Gasteiger charge is 2.75. The van der Waals surface area contributed by atoms with Crippen molar-refractivity contribution in [2.24, 2.45) is 23.5 Å². The van der Waals surface area contributed by atoms with Crippen LogP contribution in [0.4, 0.5) is 0 Å². The summed E-state index contributed by atoms with van der Waals surface area (Å²) in [6.07, 6.45) is 0.600. The SMILES string of the molecule is C=COC(=O)[C@H]1[C@H]2[C@@H]1[C@](N)(C(=O)OCC)C[C@@H]2OC(C)=O.[HH]. The first kappa shape index (κ1) is 15.5. The molecule has 21 heavy (non-hydrogen) atoms. The molecule has 0 unspecified atom stereocenters. The average Bonchev–Trinajstić information content (AvgIpc) is 3.07. The maximum atomic E-state index is 12.1. The summed E-state index contributed by atoms with van der Waals surface area (Å²) in [6.45, 7) is 6.46. The molecule has 2 rings (SSSR count). The lowest BCUT2D eigenvalue weighted by atomic mass is 9.91. The molecule has 0 spiro atoms. The molecule has 7 heteroatoms. The Hall–Kier alpha value is -1.89. The van der Waals surface area contributed by atoms with Gasteiger partial charge in [-0.25, -0.2) is 0 Å². The van der Waals surface area contributed by atoms with Gasteiger partial charge in [0.25, 0.3) is 0 Å². The Labute approximate surface area is 123 Å². The van der Waals surface area contributed by atoms with E-state index in [9.17, 15) is 14.4 Å². The van der Waals surface area contributed by atoms with Gasteiger partial charge in [0, 0.05) is 26.6 Å². The van der Waals surface area contributed by atoms with Gasteiger partial charge in [-0.2, -0.15) is 0 Å². The van der Waals surface area contributed by atoms with Crippen LogP contribution in [0, 0.1) is 17.8 Å². The standard InChI is InChI=1S/C14H19NO6.H2/c1-4-19-12(17)10-9-8(21-7(3)16)6-14(15,11(9)10)13(18)20-5-2;/h4,8-11H,1,5-6,15H2,2-3H3;1H/t8-,9-,10-,11-,14-;/m0./s1. The van der Waals surface area contributed by atoms with Crippen molar-refractivity contribution in [1.82, 2.24) is 0 Å². The van der Waals surface area contributed by atoms with Gasteiger partial charge >= 0.3 is 17.9 Å². The maximum absolute atomic E-state index is 12.1. The van der Waals surface area contributed by atoms with Gasteiger partial charge < -0.3 is 19.9 Å². The van der Waals surface area contributed by atoms with Crippen LogP contribution in [0.5, 0.6) is 0 Å². The zero-order chi connectivity index (χ0) is 15.8. The zero-order valence-corrected chi connectivity index (χ0v) is 12.0. The number of fused-ring (bicyclic) bond motifs is 1. The van der Waals surface area contributed by atoms with Crippen LogP contribution in [0.2, 0.25) is 0 Å². The van der Waals surface area contributed by atoms with Gasteiger partial charge in [-0.05, 0) is 6.92 Å². The molecular weight excluding hydrogens is 278 g/mol. The Morgan fingerprint density at radius 1 is 1.48 bits per heavy atom. The lowest BCUT2D eigenvalue weighted by Crippen LogP contribution is -2.52. The van der Waals surface area contributed by atoms with E-state index in [4.69, 9.17) is 19.9 Å². The highest BCUT2D eigenvalue weighted by Crippen LogP contribution is 2.63. The lowest BCUT2D eigenvalue weighted by molar-refractivity contribution is -0.156. The van der Waals surface area contributed by atoms with Crippen LogP contribution < -0.4 is 5.73 Å². The van der Waals surface area contributed by atoms with Gasteiger partial charge in [-0.1, -0.05) is 6.58 Å². The molecule has 0 radical (unpaired) electrons. The first-order valence-corrected chi connectivity index (χ1v) is 6.81. The van der Waals surface area contributed by atoms with Crippen molar-refractivity contribution in [2.45, 2.75) is 31.9 Å². The molecular formula is C14H21NO6. The molecule has 0 saturated heterocycles. The van der Waals surface area contributed by atoms with Crippen LogP contribution in [-0.4, -0.2) is 36.2 Å². The minimum absolute atomic E-state index is 0. The second-order valence-corrected chi connectivity index (χ2v) is 5.35. The molecule has 2 N–H and O–H groups in total. The monoisotopic (exact) mass is 299 g/mol. The molecule has 5 atom stereocenters. The van der Waals surface area contributed by atoms with E-state index in [1.807, 2.05) is 0 Å². The third-order valence-corrected chi connectivity index (χ3v) is 4.08. The maximum Gasteiger partial charge on any atom is 0.326 e. The summed E-state index contributed by atoms with van der Waals surface area (Å²) in [4.78, 5) is 35.1. The van der Waals surface area contributed by atoms with Gasteiger partial charge in [0.2, 0.25) is 0 Å². The van der Waals surface area contributed by atoms with E-state index < -0.39 is 41.4 Å². The Morgan fingerprint density at radius 3 is 2.67 bits per heavy atom. The van der Waals surface area contributed by atoms with E-state index in [1.165, 1.54) is 6.92 Å². The van der Waals surface area contributed by atoms with Crippen LogP contribution in [0.25, 0.3) is 0 Å². The molecule has 0 aliphatic heterocycles. The number of carbonyl (C=O) groups excluding carboxylic acids is 3. The smallest absolute Gasteiger partial charge is 0.326 e. The number of rotatable bonds is 5. The van der Waals surface area contributed by atoms with Gasteiger partial charge in [-0.3, -0.25) is 14.4 Å². The Bertz CT molecular complexity index is 496. The van der Waals surface area contributed by atoms with Crippen molar-refractivity contribution in [2.75, 3.05) is 6.61 Å². The second kappa shape index (κ2) is 5.48. The van der Waals surface area contributed by atoms with Crippen molar-refractivity contribution in [3.63, 3.8) is 0 Å². The predicted octanol–water partition coefficient (Wildman–Crippen LogP) is 0.377. The number of carbonyl (C=O) groups is 3. The molecule has 2 saturated carbocycles. The molecule has 2 aliphatic rings. The minimum Gasteiger partial charge on any atom is -0.465 e. The van der Waals surface area contributed by atoms with Crippen LogP contribution in [0.15, 0.2) is 12.8 Å². The first-order valence-electron chi connectivity index (χ1n) is 6.81. The van der Waals surface area contributed by atoms with Crippen LogP contribution in [0.3, 0.4) is 0 Å². The summed E-state index contributed by atoms with van der Waals surface area (Å²) in [5.74, 6) is -2.89. The number of hydrogen-bond donors (Lipinski definition) is 1. The quantitative estimate of drug-likeness (QED) is 0.444. The summed E-state index contributed by atoms with van der Waals surface area (Å²) in [5, 5.41) is 0. The molecule has 0 aromatic heterocycles. The lowest BCUT2D eigenvalue weighted by Gasteiger charge is -2.26. The van der Waals surface area contributed by atoms with Crippen molar-refractivity contribution >= 4 is 17.9 Å². The molecule has 2 fully saturated rings. The zero-order valence-electron chi connectivity index (χ0n) is 12.0. The Morgan fingerprint density at radius 2 is 2.14 bits per heavy atom. The molecule has 7 nitrogen and oxygen atoms in total. The number of esters is 3. The van der Waals surface area contributed by atoms with Gasteiger partial charge in [-0.15, -0.1) is 0 Å². The van der Waals surface area contributed by atoms with Crippen LogP contribution in [-0.2, 0) is 28.6 Å². The summed E-state index contributed by atoms with van der Waals surface area (Å²) in [6, 6.07) is 0. The van der Waals surface area contributed by atoms with Crippen molar-refractivity contribution < 1.29 is 30.0 Å².